The Kier molecular flexibility index (Phi) is 6.05. The highest BCUT2D eigenvalue weighted by molar-refractivity contribution is 5.73. The van der Waals surface area contributed by atoms with Crippen LogP contribution in [0.15, 0.2) is 30.3 Å². The second-order valence-electron chi connectivity index (χ2n) is 6.06. The van der Waals surface area contributed by atoms with E-state index in [9.17, 15) is 4.79 Å². The summed E-state index contributed by atoms with van der Waals surface area (Å²) in [5, 5.41) is 14.5. The predicted molar refractivity (Wildman–Crippen MR) is 84.2 cm³/mol. The molecule has 0 aliphatic heterocycles. The van der Waals surface area contributed by atoms with E-state index < -0.39 is 0 Å². The number of aliphatic hydroxyl groups excluding tert-OH is 1. The summed E-state index contributed by atoms with van der Waals surface area (Å²) < 4.78 is 0. The van der Waals surface area contributed by atoms with Gasteiger partial charge in [0, 0.05) is 19.7 Å². The smallest absolute Gasteiger partial charge is 0.314 e. The Hall–Kier alpha value is -1.55. The Morgan fingerprint density at radius 2 is 1.86 bits per heavy atom. The van der Waals surface area contributed by atoms with Crippen LogP contribution >= 0.6 is 0 Å². The summed E-state index contributed by atoms with van der Waals surface area (Å²) in [6.45, 7) is 1.36. The van der Waals surface area contributed by atoms with Crippen molar-refractivity contribution < 1.29 is 9.90 Å². The Bertz CT molecular complexity index is 428. The Morgan fingerprint density at radius 1 is 1.14 bits per heavy atom. The van der Waals surface area contributed by atoms with Crippen molar-refractivity contribution in [3.8, 4) is 0 Å². The first kappa shape index (κ1) is 15.8. The fraction of sp³-hybridized carbons (Fsp3) is 0.588. The van der Waals surface area contributed by atoms with Gasteiger partial charge in [-0.25, -0.2) is 4.79 Å². The lowest BCUT2D eigenvalue weighted by molar-refractivity contribution is 0.224. The maximum atomic E-state index is 11.8. The number of urea groups is 1. The molecule has 2 amide bonds. The van der Waals surface area contributed by atoms with Gasteiger partial charge in [0.2, 0.25) is 0 Å². The van der Waals surface area contributed by atoms with Crippen LogP contribution in [0.3, 0.4) is 0 Å². The predicted octanol–water partition coefficient (Wildman–Crippen LogP) is 2.47. The summed E-state index contributed by atoms with van der Waals surface area (Å²) >= 11 is 0. The van der Waals surface area contributed by atoms with E-state index in [1.165, 1.54) is 31.2 Å². The molecular formula is C17H26N2O2. The highest BCUT2D eigenvalue weighted by Gasteiger charge is 2.34. The monoisotopic (exact) mass is 290 g/mol. The molecule has 4 nitrogen and oxygen atoms in total. The average molecular weight is 290 g/mol. The zero-order chi connectivity index (χ0) is 15.0. The van der Waals surface area contributed by atoms with Crippen LogP contribution in [0.1, 0.15) is 37.7 Å². The summed E-state index contributed by atoms with van der Waals surface area (Å²) in [6.07, 6.45) is 6.49. The van der Waals surface area contributed by atoms with Crippen LogP contribution in [-0.4, -0.2) is 30.8 Å². The first-order valence-corrected chi connectivity index (χ1v) is 7.91. The van der Waals surface area contributed by atoms with E-state index in [0.717, 1.165) is 13.0 Å². The topological polar surface area (TPSA) is 61.4 Å². The molecule has 1 saturated carbocycles. The van der Waals surface area contributed by atoms with Gasteiger partial charge in [-0.2, -0.15) is 0 Å². The van der Waals surface area contributed by atoms with Gasteiger partial charge < -0.3 is 15.7 Å². The van der Waals surface area contributed by atoms with Gasteiger partial charge in [0.05, 0.1) is 0 Å². The number of carbonyl (C=O) groups is 1. The molecule has 0 unspecified atom stereocenters. The molecule has 0 atom stereocenters. The Labute approximate surface area is 126 Å². The number of aliphatic hydroxyl groups is 1. The van der Waals surface area contributed by atoms with Crippen LogP contribution in [0.4, 0.5) is 4.79 Å². The lowest BCUT2D eigenvalue weighted by Crippen LogP contribution is -2.43. The van der Waals surface area contributed by atoms with E-state index in [4.69, 9.17) is 5.11 Å². The number of carbonyl (C=O) groups excluding carboxylic acids is 1. The van der Waals surface area contributed by atoms with E-state index in [0.29, 0.717) is 13.0 Å². The molecule has 2 rings (SSSR count). The number of nitrogens with one attached hydrogen (secondary N) is 2. The molecule has 3 N–H and O–H groups in total. The quantitative estimate of drug-likeness (QED) is 0.676. The minimum Gasteiger partial charge on any atom is -0.396 e. The summed E-state index contributed by atoms with van der Waals surface area (Å²) in [6, 6.07) is 10.4. The lowest BCUT2D eigenvalue weighted by atomic mass is 9.80. The van der Waals surface area contributed by atoms with Crippen LogP contribution in [-0.2, 0) is 6.42 Å². The van der Waals surface area contributed by atoms with Gasteiger partial charge in [0.15, 0.2) is 0 Å². The van der Waals surface area contributed by atoms with Crippen molar-refractivity contribution in [1.82, 2.24) is 10.6 Å². The minimum absolute atomic E-state index is 0.109. The maximum absolute atomic E-state index is 11.8. The minimum atomic E-state index is -0.122. The second kappa shape index (κ2) is 8.03. The lowest BCUT2D eigenvalue weighted by Gasteiger charge is -2.29. The van der Waals surface area contributed by atoms with Crippen molar-refractivity contribution in [3.05, 3.63) is 35.9 Å². The van der Waals surface area contributed by atoms with Gasteiger partial charge in [-0.05, 0) is 36.7 Å². The highest BCUT2D eigenvalue weighted by Crippen LogP contribution is 2.40. The van der Waals surface area contributed by atoms with E-state index in [2.05, 4.69) is 34.9 Å². The zero-order valence-electron chi connectivity index (χ0n) is 12.6. The molecule has 21 heavy (non-hydrogen) atoms. The first-order valence-electron chi connectivity index (χ1n) is 7.91. The van der Waals surface area contributed by atoms with E-state index in [1.807, 2.05) is 6.07 Å². The number of amides is 2. The highest BCUT2D eigenvalue weighted by atomic mass is 16.3. The van der Waals surface area contributed by atoms with Crippen molar-refractivity contribution in [3.63, 3.8) is 0 Å². The van der Waals surface area contributed by atoms with Gasteiger partial charge in [-0.15, -0.1) is 0 Å². The zero-order valence-corrected chi connectivity index (χ0v) is 12.6. The fourth-order valence-corrected chi connectivity index (χ4v) is 3.18. The molecule has 1 aliphatic rings. The molecule has 1 aromatic rings. The van der Waals surface area contributed by atoms with E-state index in [-0.39, 0.29) is 18.1 Å². The second-order valence-corrected chi connectivity index (χ2v) is 6.06. The molecule has 0 saturated heterocycles. The van der Waals surface area contributed by atoms with E-state index in [1.54, 1.807) is 0 Å². The molecule has 0 bridgehead atoms. The van der Waals surface area contributed by atoms with Crippen LogP contribution in [0.5, 0.6) is 0 Å². The van der Waals surface area contributed by atoms with E-state index >= 15 is 0 Å². The van der Waals surface area contributed by atoms with Gasteiger partial charge in [0.1, 0.15) is 0 Å². The van der Waals surface area contributed by atoms with Crippen molar-refractivity contribution in [2.75, 3.05) is 19.7 Å². The summed E-state index contributed by atoms with van der Waals surface area (Å²) in [5.41, 5.74) is 1.55. The van der Waals surface area contributed by atoms with Crippen molar-refractivity contribution in [2.45, 2.75) is 38.5 Å². The average Bonchev–Trinajstić information content (AvgIpc) is 2.95. The molecule has 0 aromatic heterocycles. The number of rotatable bonds is 7. The van der Waals surface area contributed by atoms with Crippen molar-refractivity contribution >= 4 is 6.03 Å². The van der Waals surface area contributed by atoms with Gasteiger partial charge in [-0.1, -0.05) is 43.2 Å². The molecular weight excluding hydrogens is 264 g/mol. The summed E-state index contributed by atoms with van der Waals surface area (Å²) in [5.74, 6) is 0. The molecule has 4 heteroatoms. The molecule has 1 aromatic carbocycles. The molecule has 0 radical (unpaired) electrons. The first-order chi connectivity index (χ1) is 10.2. The van der Waals surface area contributed by atoms with Crippen LogP contribution < -0.4 is 10.6 Å². The summed E-state index contributed by atoms with van der Waals surface area (Å²) in [4.78, 5) is 11.8. The molecule has 116 valence electrons. The Balaban J connectivity index is 1.85. The molecule has 0 heterocycles. The SMILES string of the molecule is O=C(NCCCO)NCC1(Cc2ccccc2)CCCC1. The summed E-state index contributed by atoms with van der Waals surface area (Å²) in [7, 11) is 0. The molecule has 1 fully saturated rings. The van der Waals surface area contributed by atoms with Crippen LogP contribution in [0, 0.1) is 5.41 Å². The van der Waals surface area contributed by atoms with Gasteiger partial charge in [0.25, 0.3) is 0 Å². The Morgan fingerprint density at radius 3 is 2.52 bits per heavy atom. The van der Waals surface area contributed by atoms with Crippen LogP contribution in [0.25, 0.3) is 0 Å². The third-order valence-corrected chi connectivity index (χ3v) is 4.33. The molecule has 0 spiro atoms. The number of benzene rings is 1. The van der Waals surface area contributed by atoms with Crippen molar-refractivity contribution in [2.24, 2.45) is 5.41 Å². The normalized spacial score (nSPS) is 16.6. The number of hydrogen-bond acceptors (Lipinski definition) is 2. The van der Waals surface area contributed by atoms with Crippen LogP contribution in [0.2, 0.25) is 0 Å². The van der Waals surface area contributed by atoms with Gasteiger partial charge >= 0.3 is 6.03 Å². The third-order valence-electron chi connectivity index (χ3n) is 4.33. The van der Waals surface area contributed by atoms with Crippen molar-refractivity contribution in [1.29, 1.82) is 0 Å². The molecule has 1 aliphatic carbocycles. The fourth-order valence-electron chi connectivity index (χ4n) is 3.18. The third kappa shape index (κ3) is 5.05. The number of hydrogen-bond donors (Lipinski definition) is 3. The van der Waals surface area contributed by atoms with Gasteiger partial charge in [-0.3, -0.25) is 0 Å². The standard InChI is InChI=1S/C17H26N2O2/c20-12-6-11-18-16(21)19-14-17(9-4-5-10-17)13-15-7-2-1-3-8-15/h1-3,7-8,20H,4-6,9-14H2,(H2,18,19,21). The largest absolute Gasteiger partial charge is 0.396 e. The maximum Gasteiger partial charge on any atom is 0.314 e.